The minimum atomic E-state index is 0.240. The number of fused-ring (bicyclic) bond motifs is 1. The molecule has 0 saturated carbocycles. The van der Waals surface area contributed by atoms with Crippen molar-refractivity contribution in [2.75, 3.05) is 5.32 Å². The zero-order valence-electron chi connectivity index (χ0n) is 12.6. The molecule has 23 heavy (non-hydrogen) atoms. The van der Waals surface area contributed by atoms with E-state index < -0.39 is 0 Å². The van der Waals surface area contributed by atoms with E-state index in [4.69, 9.17) is 9.68 Å². The lowest BCUT2D eigenvalue weighted by molar-refractivity contribution is 0.517. The van der Waals surface area contributed by atoms with E-state index in [1.54, 1.807) is 0 Å². The number of hydrogen-bond acceptors (Lipinski definition) is 7. The Labute approximate surface area is 132 Å². The Morgan fingerprint density at radius 2 is 2.39 bits per heavy atom. The smallest absolute Gasteiger partial charge is 0.216 e. The first-order chi connectivity index (χ1) is 11.3. The van der Waals surface area contributed by atoms with Gasteiger partial charge in [0.2, 0.25) is 5.82 Å². The Kier molecular flexibility index (Phi) is 4.29. The standard InChI is InChI=1S/C15H15N7O/c1-2-3-4-14-18-12-7-11(5-6-13(12)23-14)17-9-10(8-16)15-19-21-22-20-15/h5-7,9,17H,2-4H2,1H3,(H,19,20,21,22). The van der Waals surface area contributed by atoms with Gasteiger partial charge in [0, 0.05) is 18.3 Å². The van der Waals surface area contributed by atoms with E-state index in [0.29, 0.717) is 0 Å². The molecule has 2 heterocycles. The monoisotopic (exact) mass is 309 g/mol. The fourth-order valence-electron chi connectivity index (χ4n) is 2.08. The molecule has 0 amide bonds. The molecule has 0 radical (unpaired) electrons. The van der Waals surface area contributed by atoms with Crippen LogP contribution < -0.4 is 5.32 Å². The first-order valence-electron chi connectivity index (χ1n) is 7.30. The first kappa shape index (κ1) is 14.7. The third-order valence-electron chi connectivity index (χ3n) is 3.27. The van der Waals surface area contributed by atoms with Crippen molar-refractivity contribution in [3.8, 4) is 6.07 Å². The highest BCUT2D eigenvalue weighted by Crippen LogP contribution is 2.21. The predicted molar refractivity (Wildman–Crippen MR) is 84.0 cm³/mol. The van der Waals surface area contributed by atoms with Gasteiger partial charge in [-0.2, -0.15) is 10.5 Å². The van der Waals surface area contributed by atoms with E-state index in [-0.39, 0.29) is 11.4 Å². The molecule has 3 rings (SSSR count). The molecule has 0 saturated heterocycles. The van der Waals surface area contributed by atoms with Crippen molar-refractivity contribution >= 4 is 22.4 Å². The molecular weight excluding hydrogens is 294 g/mol. The number of unbranched alkanes of at least 4 members (excludes halogenated alkanes) is 1. The maximum atomic E-state index is 9.13. The van der Waals surface area contributed by atoms with E-state index in [0.717, 1.165) is 41.9 Å². The van der Waals surface area contributed by atoms with Crippen LogP contribution in [0.25, 0.3) is 16.7 Å². The molecular formula is C15H15N7O. The summed E-state index contributed by atoms with van der Waals surface area (Å²) < 4.78 is 5.69. The van der Waals surface area contributed by atoms with Crippen molar-refractivity contribution in [3.63, 3.8) is 0 Å². The molecule has 0 unspecified atom stereocenters. The zero-order valence-corrected chi connectivity index (χ0v) is 12.6. The van der Waals surface area contributed by atoms with Crippen LogP contribution in [0.4, 0.5) is 5.69 Å². The second-order valence-corrected chi connectivity index (χ2v) is 4.94. The Hall–Kier alpha value is -3.21. The molecule has 116 valence electrons. The summed E-state index contributed by atoms with van der Waals surface area (Å²) in [5.41, 5.74) is 2.61. The average molecular weight is 309 g/mol. The highest BCUT2D eigenvalue weighted by atomic mass is 16.3. The lowest BCUT2D eigenvalue weighted by atomic mass is 10.2. The number of hydrogen-bond donors (Lipinski definition) is 2. The molecule has 2 aromatic heterocycles. The molecule has 0 atom stereocenters. The third kappa shape index (κ3) is 3.35. The van der Waals surface area contributed by atoms with E-state index in [2.05, 4.69) is 37.8 Å². The summed E-state index contributed by atoms with van der Waals surface area (Å²) in [4.78, 5) is 4.48. The Balaban J connectivity index is 1.79. The van der Waals surface area contributed by atoms with E-state index >= 15 is 0 Å². The molecule has 0 spiro atoms. The first-order valence-corrected chi connectivity index (χ1v) is 7.30. The number of aromatic nitrogens is 5. The van der Waals surface area contributed by atoms with Gasteiger partial charge in [-0.3, -0.25) is 0 Å². The number of aromatic amines is 1. The van der Waals surface area contributed by atoms with Crippen LogP contribution in [0.1, 0.15) is 31.5 Å². The Bertz CT molecular complexity index is 858. The van der Waals surface area contributed by atoms with Crippen LogP contribution in [-0.2, 0) is 6.42 Å². The van der Waals surface area contributed by atoms with Gasteiger partial charge in [0.15, 0.2) is 11.5 Å². The minimum Gasteiger partial charge on any atom is -0.441 e. The van der Waals surface area contributed by atoms with Gasteiger partial charge in [0.1, 0.15) is 17.2 Å². The van der Waals surface area contributed by atoms with Crippen LogP contribution in [0.5, 0.6) is 0 Å². The number of rotatable bonds is 6. The number of benzene rings is 1. The average Bonchev–Trinajstić information content (AvgIpc) is 3.22. The fraction of sp³-hybridized carbons (Fsp3) is 0.267. The molecule has 0 fully saturated rings. The number of nitriles is 1. The number of nitrogens with zero attached hydrogens (tertiary/aromatic N) is 5. The predicted octanol–water partition coefficient (Wildman–Crippen LogP) is 2.66. The molecule has 1 aromatic carbocycles. The zero-order chi connectivity index (χ0) is 16.1. The second-order valence-electron chi connectivity index (χ2n) is 4.94. The maximum Gasteiger partial charge on any atom is 0.216 e. The van der Waals surface area contributed by atoms with E-state index in [1.165, 1.54) is 6.20 Å². The molecule has 0 bridgehead atoms. The van der Waals surface area contributed by atoms with Gasteiger partial charge in [-0.05, 0) is 29.8 Å². The summed E-state index contributed by atoms with van der Waals surface area (Å²) in [5, 5.41) is 25.5. The van der Waals surface area contributed by atoms with Gasteiger partial charge in [-0.15, -0.1) is 10.2 Å². The number of aryl methyl sites for hydroxylation is 1. The van der Waals surface area contributed by atoms with Crippen LogP contribution in [0, 0.1) is 11.3 Å². The van der Waals surface area contributed by atoms with Gasteiger partial charge in [-0.25, -0.2) is 4.98 Å². The Morgan fingerprint density at radius 1 is 1.48 bits per heavy atom. The number of nitrogens with one attached hydrogen (secondary N) is 2. The highest BCUT2D eigenvalue weighted by molar-refractivity contribution is 5.79. The van der Waals surface area contributed by atoms with Crippen molar-refractivity contribution in [3.05, 3.63) is 36.1 Å². The summed E-state index contributed by atoms with van der Waals surface area (Å²) >= 11 is 0. The van der Waals surface area contributed by atoms with E-state index in [1.807, 2.05) is 24.3 Å². The van der Waals surface area contributed by atoms with Gasteiger partial charge in [0.25, 0.3) is 0 Å². The van der Waals surface area contributed by atoms with Crippen molar-refractivity contribution in [1.29, 1.82) is 5.26 Å². The summed E-state index contributed by atoms with van der Waals surface area (Å²) in [6.45, 7) is 2.13. The van der Waals surface area contributed by atoms with Crippen molar-refractivity contribution in [2.24, 2.45) is 0 Å². The summed E-state index contributed by atoms with van der Waals surface area (Å²) in [6, 6.07) is 7.61. The fourth-order valence-corrected chi connectivity index (χ4v) is 2.08. The normalized spacial score (nSPS) is 11.6. The van der Waals surface area contributed by atoms with Gasteiger partial charge in [-0.1, -0.05) is 13.3 Å². The molecule has 2 N–H and O–H groups in total. The van der Waals surface area contributed by atoms with Crippen LogP contribution in [0.2, 0.25) is 0 Å². The minimum absolute atomic E-state index is 0.240. The molecule has 8 nitrogen and oxygen atoms in total. The van der Waals surface area contributed by atoms with Crippen molar-refractivity contribution in [1.82, 2.24) is 25.6 Å². The number of oxazole rings is 1. The summed E-state index contributed by atoms with van der Waals surface area (Å²) in [7, 11) is 0. The van der Waals surface area contributed by atoms with Crippen LogP contribution in [-0.4, -0.2) is 25.6 Å². The molecule has 0 aliphatic rings. The maximum absolute atomic E-state index is 9.13. The van der Waals surface area contributed by atoms with E-state index in [9.17, 15) is 0 Å². The molecule has 3 aromatic rings. The topological polar surface area (TPSA) is 116 Å². The number of H-pyrrole nitrogens is 1. The second kappa shape index (κ2) is 6.70. The SMILES string of the molecule is CCCCc1nc2cc(NC=C(C#N)c3nn[nH]n3)ccc2o1. The van der Waals surface area contributed by atoms with Gasteiger partial charge < -0.3 is 9.73 Å². The summed E-state index contributed by atoms with van der Waals surface area (Å²) in [5.74, 6) is 0.989. The lowest BCUT2D eigenvalue weighted by Gasteiger charge is -2.00. The summed E-state index contributed by atoms with van der Waals surface area (Å²) in [6.07, 6.45) is 4.52. The largest absolute Gasteiger partial charge is 0.441 e. The van der Waals surface area contributed by atoms with Crippen molar-refractivity contribution in [2.45, 2.75) is 26.2 Å². The number of tetrazole rings is 1. The van der Waals surface area contributed by atoms with Crippen LogP contribution in [0.15, 0.2) is 28.8 Å². The molecule has 0 aliphatic carbocycles. The molecule has 0 aliphatic heterocycles. The number of anilines is 1. The van der Waals surface area contributed by atoms with Crippen LogP contribution >= 0.6 is 0 Å². The third-order valence-corrected chi connectivity index (χ3v) is 3.27. The van der Waals surface area contributed by atoms with Gasteiger partial charge >= 0.3 is 0 Å². The lowest BCUT2D eigenvalue weighted by Crippen LogP contribution is -1.92. The number of allylic oxidation sites excluding steroid dienone is 1. The molecule has 8 heteroatoms. The van der Waals surface area contributed by atoms with Crippen molar-refractivity contribution < 1.29 is 4.42 Å². The Morgan fingerprint density at radius 3 is 3.13 bits per heavy atom. The highest BCUT2D eigenvalue weighted by Gasteiger charge is 2.07. The van der Waals surface area contributed by atoms with Crippen LogP contribution in [0.3, 0.4) is 0 Å². The quantitative estimate of drug-likeness (QED) is 0.672. The van der Waals surface area contributed by atoms with Gasteiger partial charge in [0.05, 0.1) is 0 Å².